The van der Waals surface area contributed by atoms with E-state index in [0.29, 0.717) is 10.9 Å². The van der Waals surface area contributed by atoms with Gasteiger partial charge in [-0.3, -0.25) is 0 Å². The highest BCUT2D eigenvalue weighted by atomic mass is 35.5. The van der Waals surface area contributed by atoms with Crippen LogP contribution in [0, 0.1) is 0 Å². The van der Waals surface area contributed by atoms with Crippen molar-refractivity contribution in [2.45, 2.75) is 0 Å². The molecule has 2 rings (SSSR count). The largest absolute Gasteiger partial charge is 0.257 e. The van der Waals surface area contributed by atoms with Crippen LogP contribution in [-0.2, 0) is 0 Å². The molecule has 0 aliphatic carbocycles. The lowest BCUT2D eigenvalue weighted by molar-refractivity contribution is 1.10. The molecular weight excluding hydrogens is 187 g/mol. The lowest BCUT2D eigenvalue weighted by Gasteiger charge is -1.93. The normalized spacial score (nSPS) is 10.7. The van der Waals surface area contributed by atoms with E-state index in [1.165, 1.54) is 4.40 Å². The van der Waals surface area contributed by atoms with Gasteiger partial charge in [0.1, 0.15) is 5.15 Å². The van der Waals surface area contributed by atoms with Crippen molar-refractivity contribution < 1.29 is 0 Å². The first kappa shape index (κ1) is 6.82. The molecule has 0 amide bonds. The third-order valence-corrected chi connectivity index (χ3v) is 1.76. The van der Waals surface area contributed by atoms with Crippen molar-refractivity contribution in [3.8, 4) is 0 Å². The van der Waals surface area contributed by atoms with E-state index in [9.17, 15) is 0 Å². The van der Waals surface area contributed by atoms with Crippen LogP contribution in [0.1, 0.15) is 0 Å². The van der Waals surface area contributed by atoms with Gasteiger partial charge in [0.05, 0.1) is 0 Å². The van der Waals surface area contributed by atoms with Crippen LogP contribution >= 0.6 is 23.2 Å². The average Bonchev–Trinajstić information content (AvgIpc) is 2.34. The molecule has 0 radical (unpaired) electrons. The molecule has 0 bridgehead atoms. The number of halogens is 2. The predicted octanol–water partition coefficient (Wildman–Crippen LogP) is 1.43. The van der Waals surface area contributed by atoms with E-state index in [4.69, 9.17) is 23.2 Å². The Morgan fingerprint density at radius 3 is 2.82 bits per heavy atom. The molecule has 2 aromatic heterocycles. The van der Waals surface area contributed by atoms with Crippen molar-refractivity contribution >= 4 is 29.0 Å². The summed E-state index contributed by atoms with van der Waals surface area (Å²) in [5, 5.41) is 7.92. The van der Waals surface area contributed by atoms with Crippen LogP contribution in [0.3, 0.4) is 0 Å². The third-order valence-electron chi connectivity index (χ3n) is 1.22. The Kier molecular flexibility index (Phi) is 1.44. The van der Waals surface area contributed by atoms with Crippen LogP contribution < -0.4 is 0 Å². The predicted molar refractivity (Wildman–Crippen MR) is 40.8 cm³/mol. The van der Waals surface area contributed by atoms with Gasteiger partial charge in [0.25, 0.3) is 5.78 Å². The van der Waals surface area contributed by atoms with Crippen LogP contribution in [-0.4, -0.2) is 19.6 Å². The molecule has 0 N–H and O–H groups in total. The molecular formula is C5H2Cl2N4. The number of aromatic nitrogens is 4. The molecule has 0 spiro atoms. The van der Waals surface area contributed by atoms with Crippen LogP contribution in [0.4, 0.5) is 0 Å². The molecule has 0 aromatic carbocycles. The van der Waals surface area contributed by atoms with E-state index in [-0.39, 0.29) is 5.28 Å². The number of hydrogen-bond acceptors (Lipinski definition) is 3. The maximum absolute atomic E-state index is 5.76. The van der Waals surface area contributed by atoms with Crippen molar-refractivity contribution in [1.82, 2.24) is 19.6 Å². The first-order valence-corrected chi connectivity index (χ1v) is 3.56. The fourth-order valence-corrected chi connectivity index (χ4v) is 1.22. The third kappa shape index (κ3) is 0.948. The minimum absolute atomic E-state index is 0.220. The SMILES string of the molecule is Clc1ccnc2nnc(Cl)n12. The fraction of sp³-hybridized carbons (Fsp3) is 0. The lowest BCUT2D eigenvalue weighted by Crippen LogP contribution is -1.88. The summed E-state index contributed by atoms with van der Waals surface area (Å²) in [4.78, 5) is 3.88. The van der Waals surface area contributed by atoms with Gasteiger partial charge in [-0.1, -0.05) is 11.6 Å². The minimum Gasteiger partial charge on any atom is -0.239 e. The number of fused-ring (bicyclic) bond motifs is 1. The van der Waals surface area contributed by atoms with Gasteiger partial charge >= 0.3 is 0 Å². The molecule has 6 heteroatoms. The van der Waals surface area contributed by atoms with Crippen LogP contribution in [0.15, 0.2) is 12.3 Å². The molecule has 0 fully saturated rings. The molecule has 4 nitrogen and oxygen atoms in total. The monoisotopic (exact) mass is 188 g/mol. The van der Waals surface area contributed by atoms with Crippen molar-refractivity contribution in [2.24, 2.45) is 0 Å². The molecule has 0 aliphatic rings. The standard InChI is InChI=1S/C5H2Cl2N4/c6-3-1-2-8-5-10-9-4(7)11(3)5/h1-2H. The summed E-state index contributed by atoms with van der Waals surface area (Å²) in [6, 6.07) is 1.61. The van der Waals surface area contributed by atoms with Gasteiger partial charge < -0.3 is 0 Å². The highest BCUT2D eigenvalue weighted by Crippen LogP contribution is 2.13. The maximum atomic E-state index is 5.76. The van der Waals surface area contributed by atoms with E-state index in [0.717, 1.165) is 0 Å². The highest BCUT2D eigenvalue weighted by molar-refractivity contribution is 6.32. The second-order valence-corrected chi connectivity index (χ2v) is 2.60. The molecule has 11 heavy (non-hydrogen) atoms. The zero-order valence-corrected chi connectivity index (χ0v) is 6.71. The summed E-state index contributed by atoms with van der Waals surface area (Å²) >= 11 is 11.4. The first-order chi connectivity index (χ1) is 5.29. The summed E-state index contributed by atoms with van der Waals surface area (Å²) < 4.78 is 1.45. The van der Waals surface area contributed by atoms with Gasteiger partial charge in [0.15, 0.2) is 0 Å². The molecule has 56 valence electrons. The van der Waals surface area contributed by atoms with Gasteiger partial charge in [-0.05, 0) is 17.7 Å². The summed E-state index contributed by atoms with van der Waals surface area (Å²) in [6.45, 7) is 0. The van der Waals surface area contributed by atoms with Crippen molar-refractivity contribution in [3.05, 3.63) is 22.7 Å². The van der Waals surface area contributed by atoms with Gasteiger partial charge in [-0.2, -0.15) is 0 Å². The quantitative estimate of drug-likeness (QED) is 0.588. The Bertz CT molecular complexity index is 396. The molecule has 0 atom stereocenters. The van der Waals surface area contributed by atoms with Gasteiger partial charge in [-0.15, -0.1) is 10.2 Å². The molecule has 0 saturated carbocycles. The number of nitrogens with zero attached hydrogens (tertiary/aromatic N) is 4. The Morgan fingerprint density at radius 2 is 2.09 bits per heavy atom. The molecule has 0 aliphatic heterocycles. The maximum Gasteiger partial charge on any atom is 0.257 e. The molecule has 2 heterocycles. The highest BCUT2D eigenvalue weighted by Gasteiger charge is 2.04. The Balaban J connectivity index is 2.96. The van der Waals surface area contributed by atoms with Crippen molar-refractivity contribution in [3.63, 3.8) is 0 Å². The Labute approximate surface area is 71.8 Å². The topological polar surface area (TPSA) is 43.1 Å². The smallest absolute Gasteiger partial charge is 0.239 e. The zero-order chi connectivity index (χ0) is 7.84. The van der Waals surface area contributed by atoms with E-state index in [1.54, 1.807) is 12.3 Å². The summed E-state index contributed by atoms with van der Waals surface area (Å²) in [7, 11) is 0. The Hall–Kier alpha value is -0.870. The van der Waals surface area contributed by atoms with Crippen LogP contribution in [0.25, 0.3) is 5.78 Å². The fourth-order valence-electron chi connectivity index (χ4n) is 0.765. The lowest BCUT2D eigenvalue weighted by atomic mass is 10.7. The van der Waals surface area contributed by atoms with Crippen LogP contribution in [0.5, 0.6) is 0 Å². The molecule has 0 saturated heterocycles. The second kappa shape index (κ2) is 2.32. The van der Waals surface area contributed by atoms with E-state index < -0.39 is 0 Å². The van der Waals surface area contributed by atoms with Crippen molar-refractivity contribution in [1.29, 1.82) is 0 Å². The Morgan fingerprint density at radius 1 is 1.27 bits per heavy atom. The van der Waals surface area contributed by atoms with Crippen LogP contribution in [0.2, 0.25) is 10.4 Å². The van der Waals surface area contributed by atoms with E-state index >= 15 is 0 Å². The summed E-state index contributed by atoms with van der Waals surface area (Å²) in [5.74, 6) is 0.405. The number of rotatable bonds is 0. The second-order valence-electron chi connectivity index (χ2n) is 1.87. The van der Waals surface area contributed by atoms with Gasteiger partial charge in [0.2, 0.25) is 5.28 Å². The summed E-state index contributed by atoms with van der Waals surface area (Å²) in [5.41, 5.74) is 0. The molecule has 0 unspecified atom stereocenters. The summed E-state index contributed by atoms with van der Waals surface area (Å²) in [6.07, 6.45) is 1.54. The average molecular weight is 189 g/mol. The van der Waals surface area contributed by atoms with Gasteiger partial charge in [0, 0.05) is 6.20 Å². The van der Waals surface area contributed by atoms with E-state index in [2.05, 4.69) is 15.2 Å². The minimum atomic E-state index is 0.220. The van der Waals surface area contributed by atoms with Crippen molar-refractivity contribution in [2.75, 3.05) is 0 Å². The zero-order valence-electron chi connectivity index (χ0n) is 5.20. The molecule has 2 aromatic rings. The van der Waals surface area contributed by atoms with Gasteiger partial charge in [-0.25, -0.2) is 9.38 Å². The van der Waals surface area contributed by atoms with E-state index in [1.807, 2.05) is 0 Å². The first-order valence-electron chi connectivity index (χ1n) is 2.80. The number of hydrogen-bond donors (Lipinski definition) is 0.